The number of nitrogens with one attached hydrogen (secondary N) is 1. The SMILES string of the molecule is COc1ccc(-c2nc(CN3C[C@H]4CC[C@@H](C3)N4)c(C)o2)c2ccccc12. The molecular weight excluding hydrogens is 338 g/mol. The molecule has 2 aliphatic heterocycles. The van der Waals surface area contributed by atoms with Crippen molar-refractivity contribution in [3.05, 3.63) is 47.9 Å². The molecule has 5 nitrogen and oxygen atoms in total. The lowest BCUT2D eigenvalue weighted by atomic mass is 10.0. The molecule has 5 rings (SSSR count). The van der Waals surface area contributed by atoms with Crippen molar-refractivity contribution in [2.24, 2.45) is 0 Å². The number of aryl methyl sites for hydroxylation is 1. The number of benzene rings is 2. The standard InChI is InChI=1S/C22H25N3O2/c1-14-20(13-25-11-15-7-8-16(12-25)23-15)24-22(27-14)19-9-10-21(26-2)18-6-4-3-5-17(18)19/h3-6,9-10,15-16,23H,7-8,11-13H2,1-2H3/t15-,16+. The molecule has 2 aliphatic rings. The maximum absolute atomic E-state index is 6.10. The summed E-state index contributed by atoms with van der Waals surface area (Å²) in [6, 6.07) is 13.6. The first kappa shape index (κ1) is 16.8. The predicted octanol–water partition coefficient (Wildman–Crippen LogP) is 3.75. The van der Waals surface area contributed by atoms with Gasteiger partial charge in [0.1, 0.15) is 11.5 Å². The lowest BCUT2D eigenvalue weighted by Gasteiger charge is -2.32. The van der Waals surface area contributed by atoms with Gasteiger partial charge in [-0.3, -0.25) is 4.90 Å². The van der Waals surface area contributed by atoms with Crippen molar-refractivity contribution in [1.29, 1.82) is 0 Å². The quantitative estimate of drug-likeness (QED) is 0.765. The molecule has 2 bridgehead atoms. The first-order valence-electron chi connectivity index (χ1n) is 9.72. The molecule has 1 N–H and O–H groups in total. The van der Waals surface area contributed by atoms with Crippen molar-refractivity contribution >= 4 is 10.8 Å². The Balaban J connectivity index is 1.47. The summed E-state index contributed by atoms with van der Waals surface area (Å²) < 4.78 is 11.6. The molecule has 27 heavy (non-hydrogen) atoms. The number of piperazine rings is 1. The second-order valence-corrected chi connectivity index (χ2v) is 7.71. The Morgan fingerprint density at radius 2 is 1.85 bits per heavy atom. The van der Waals surface area contributed by atoms with Crippen LogP contribution in [-0.4, -0.2) is 42.2 Å². The smallest absolute Gasteiger partial charge is 0.227 e. The minimum atomic E-state index is 0.640. The zero-order valence-electron chi connectivity index (χ0n) is 15.9. The van der Waals surface area contributed by atoms with Crippen LogP contribution in [0.3, 0.4) is 0 Å². The Morgan fingerprint density at radius 3 is 2.59 bits per heavy atom. The van der Waals surface area contributed by atoms with Gasteiger partial charge in [-0.05, 0) is 37.3 Å². The highest BCUT2D eigenvalue weighted by atomic mass is 16.5. The molecule has 0 saturated carbocycles. The summed E-state index contributed by atoms with van der Waals surface area (Å²) in [6.07, 6.45) is 2.59. The fourth-order valence-corrected chi connectivity index (χ4v) is 4.55. The lowest BCUT2D eigenvalue weighted by molar-refractivity contribution is 0.186. The van der Waals surface area contributed by atoms with Crippen molar-refractivity contribution in [3.8, 4) is 17.2 Å². The molecule has 0 spiro atoms. The summed E-state index contributed by atoms with van der Waals surface area (Å²) in [4.78, 5) is 7.39. The maximum atomic E-state index is 6.10. The molecule has 140 valence electrons. The summed E-state index contributed by atoms with van der Waals surface area (Å²) in [5.74, 6) is 2.48. The topological polar surface area (TPSA) is 50.5 Å². The third-order valence-electron chi connectivity index (χ3n) is 5.89. The highest BCUT2D eigenvalue weighted by Crippen LogP contribution is 2.35. The van der Waals surface area contributed by atoms with Gasteiger partial charge >= 0.3 is 0 Å². The zero-order valence-corrected chi connectivity index (χ0v) is 15.9. The van der Waals surface area contributed by atoms with Crippen LogP contribution in [-0.2, 0) is 6.54 Å². The molecule has 3 heterocycles. The molecule has 2 fully saturated rings. The van der Waals surface area contributed by atoms with Gasteiger partial charge in [-0.25, -0.2) is 4.98 Å². The Labute approximate surface area is 159 Å². The molecular formula is C22H25N3O2. The monoisotopic (exact) mass is 363 g/mol. The molecule has 2 saturated heterocycles. The first-order valence-corrected chi connectivity index (χ1v) is 9.72. The van der Waals surface area contributed by atoms with Crippen LogP contribution >= 0.6 is 0 Å². The summed E-state index contributed by atoms with van der Waals surface area (Å²) in [5.41, 5.74) is 2.06. The number of rotatable bonds is 4. The third kappa shape index (κ3) is 3.01. The lowest BCUT2D eigenvalue weighted by Crippen LogP contribution is -2.50. The van der Waals surface area contributed by atoms with Crippen molar-refractivity contribution < 1.29 is 9.15 Å². The zero-order chi connectivity index (χ0) is 18.4. The summed E-state index contributed by atoms with van der Waals surface area (Å²) >= 11 is 0. The molecule has 5 heteroatoms. The van der Waals surface area contributed by atoms with Gasteiger partial charge in [-0.2, -0.15) is 0 Å². The van der Waals surface area contributed by atoms with Gasteiger partial charge in [-0.15, -0.1) is 0 Å². The number of likely N-dealkylation sites (tertiary alicyclic amines) is 1. The maximum Gasteiger partial charge on any atom is 0.227 e. The molecule has 0 unspecified atom stereocenters. The average molecular weight is 363 g/mol. The van der Waals surface area contributed by atoms with E-state index in [9.17, 15) is 0 Å². The molecule has 0 aliphatic carbocycles. The number of fused-ring (bicyclic) bond motifs is 3. The van der Waals surface area contributed by atoms with Gasteiger partial charge in [0.15, 0.2) is 0 Å². The van der Waals surface area contributed by atoms with E-state index in [-0.39, 0.29) is 0 Å². The van der Waals surface area contributed by atoms with E-state index in [1.807, 2.05) is 31.2 Å². The molecule has 3 aromatic rings. The number of ether oxygens (including phenoxy) is 1. The van der Waals surface area contributed by atoms with E-state index >= 15 is 0 Å². The van der Waals surface area contributed by atoms with Crippen LogP contribution < -0.4 is 10.1 Å². The van der Waals surface area contributed by atoms with Crippen molar-refractivity contribution in [2.75, 3.05) is 20.2 Å². The van der Waals surface area contributed by atoms with E-state index in [0.29, 0.717) is 18.0 Å². The van der Waals surface area contributed by atoms with Gasteiger partial charge in [0.05, 0.1) is 12.8 Å². The summed E-state index contributed by atoms with van der Waals surface area (Å²) in [7, 11) is 1.70. The number of nitrogens with zero attached hydrogens (tertiary/aromatic N) is 2. The van der Waals surface area contributed by atoms with Gasteiger partial charge in [-0.1, -0.05) is 24.3 Å². The molecule has 2 atom stereocenters. The first-order chi connectivity index (χ1) is 13.2. The van der Waals surface area contributed by atoms with Gasteiger partial charge < -0.3 is 14.5 Å². The number of methoxy groups -OCH3 is 1. The van der Waals surface area contributed by atoms with E-state index < -0.39 is 0 Å². The van der Waals surface area contributed by atoms with Gasteiger partial charge in [0.25, 0.3) is 0 Å². The van der Waals surface area contributed by atoms with Crippen LogP contribution in [0.25, 0.3) is 22.2 Å². The normalized spacial score (nSPS) is 22.4. The minimum absolute atomic E-state index is 0.640. The summed E-state index contributed by atoms with van der Waals surface area (Å²) in [5, 5.41) is 5.86. The number of oxazole rings is 1. The summed E-state index contributed by atoms with van der Waals surface area (Å²) in [6.45, 7) is 5.08. The van der Waals surface area contributed by atoms with E-state index in [1.54, 1.807) is 7.11 Å². The Morgan fingerprint density at radius 1 is 1.11 bits per heavy atom. The molecule has 2 aromatic carbocycles. The fraction of sp³-hybridized carbons (Fsp3) is 0.409. The third-order valence-corrected chi connectivity index (χ3v) is 5.89. The van der Waals surface area contributed by atoms with Crippen LogP contribution in [0.1, 0.15) is 24.3 Å². The van der Waals surface area contributed by atoms with E-state index in [4.69, 9.17) is 14.1 Å². The van der Waals surface area contributed by atoms with Crippen molar-refractivity contribution in [1.82, 2.24) is 15.2 Å². The highest BCUT2D eigenvalue weighted by molar-refractivity contribution is 5.98. The largest absolute Gasteiger partial charge is 0.496 e. The molecule has 0 radical (unpaired) electrons. The van der Waals surface area contributed by atoms with Crippen LogP contribution in [0.5, 0.6) is 5.75 Å². The number of hydrogen-bond donors (Lipinski definition) is 1. The van der Waals surface area contributed by atoms with Gasteiger partial charge in [0, 0.05) is 42.7 Å². The van der Waals surface area contributed by atoms with Crippen LogP contribution in [0, 0.1) is 6.92 Å². The van der Waals surface area contributed by atoms with E-state index in [1.165, 1.54) is 12.8 Å². The second kappa shape index (κ2) is 6.66. The predicted molar refractivity (Wildman–Crippen MR) is 106 cm³/mol. The number of hydrogen-bond acceptors (Lipinski definition) is 5. The second-order valence-electron chi connectivity index (χ2n) is 7.71. The average Bonchev–Trinajstić information content (AvgIpc) is 3.22. The van der Waals surface area contributed by atoms with Crippen LogP contribution in [0.15, 0.2) is 40.8 Å². The minimum Gasteiger partial charge on any atom is -0.496 e. The fourth-order valence-electron chi connectivity index (χ4n) is 4.55. The van der Waals surface area contributed by atoms with E-state index in [0.717, 1.165) is 53.2 Å². The highest BCUT2D eigenvalue weighted by Gasteiger charge is 2.32. The van der Waals surface area contributed by atoms with Crippen LogP contribution in [0.4, 0.5) is 0 Å². The Kier molecular flexibility index (Phi) is 4.14. The molecule has 1 aromatic heterocycles. The van der Waals surface area contributed by atoms with Crippen molar-refractivity contribution in [3.63, 3.8) is 0 Å². The van der Waals surface area contributed by atoms with Crippen LogP contribution in [0.2, 0.25) is 0 Å². The van der Waals surface area contributed by atoms with Crippen molar-refractivity contribution in [2.45, 2.75) is 38.4 Å². The molecule has 0 amide bonds. The van der Waals surface area contributed by atoms with Gasteiger partial charge in [0.2, 0.25) is 5.89 Å². The number of aromatic nitrogens is 1. The Hall–Kier alpha value is -2.37. The Bertz CT molecular complexity index is 969. The van der Waals surface area contributed by atoms with E-state index in [2.05, 4.69) is 22.3 Å².